The number of nitrogens with one attached hydrogen (secondary N) is 2. The monoisotopic (exact) mass is 486 g/mol. The quantitative estimate of drug-likeness (QED) is 0.562. The van der Waals surface area contributed by atoms with Crippen LogP contribution in [0, 0.1) is 0 Å². The molecule has 12 heteroatoms. The number of benzene rings is 1. The highest BCUT2D eigenvalue weighted by molar-refractivity contribution is 6.34. The summed E-state index contributed by atoms with van der Waals surface area (Å²) in [5, 5.41) is 5.83. The van der Waals surface area contributed by atoms with Gasteiger partial charge in [0.1, 0.15) is 18.5 Å². The van der Waals surface area contributed by atoms with Crippen LogP contribution in [0.15, 0.2) is 36.9 Å². The average Bonchev–Trinajstić information content (AvgIpc) is 3.45. The molecular weight excluding hydrogens is 464 g/mol. The number of carbonyl (C=O) groups excluding carboxylic acids is 2. The molecular formula is C22H23ClN6O5. The molecule has 4 heterocycles. The molecule has 2 aromatic heterocycles. The largest absolute Gasteiger partial charge is 0.354 e. The van der Waals surface area contributed by atoms with Crippen molar-refractivity contribution in [3.05, 3.63) is 47.5 Å². The molecule has 0 saturated carbocycles. The first-order valence-corrected chi connectivity index (χ1v) is 11.2. The van der Waals surface area contributed by atoms with E-state index in [1.165, 1.54) is 12.7 Å². The molecule has 2 aliphatic heterocycles. The third kappa shape index (κ3) is 3.90. The summed E-state index contributed by atoms with van der Waals surface area (Å²) in [5.74, 6) is -1.38. The minimum absolute atomic E-state index is 0.215. The zero-order valence-corrected chi connectivity index (χ0v) is 19.4. The Morgan fingerprint density at radius 2 is 1.91 bits per heavy atom. The molecule has 0 radical (unpaired) electrons. The first kappa shape index (κ1) is 22.7. The summed E-state index contributed by atoms with van der Waals surface area (Å²) >= 11 is 6.14. The molecule has 2 N–H and O–H groups in total. The maximum Gasteiger partial charge on any atom is 0.258 e. The summed E-state index contributed by atoms with van der Waals surface area (Å²) in [6.07, 6.45) is 0.0519. The highest BCUT2D eigenvalue weighted by Gasteiger charge is 2.58. The van der Waals surface area contributed by atoms with E-state index in [9.17, 15) is 9.59 Å². The molecule has 2 amide bonds. The number of carbonyl (C=O) groups is 2. The van der Waals surface area contributed by atoms with Gasteiger partial charge in [0.05, 0.1) is 16.9 Å². The van der Waals surface area contributed by atoms with E-state index in [-0.39, 0.29) is 11.7 Å². The van der Waals surface area contributed by atoms with Crippen LogP contribution in [0.25, 0.3) is 11.2 Å². The van der Waals surface area contributed by atoms with E-state index in [2.05, 4.69) is 25.6 Å². The van der Waals surface area contributed by atoms with Gasteiger partial charge < -0.3 is 24.8 Å². The van der Waals surface area contributed by atoms with E-state index in [0.717, 1.165) is 0 Å². The minimum atomic E-state index is -0.887. The lowest BCUT2D eigenvalue weighted by Crippen LogP contribution is -2.42. The maximum atomic E-state index is 12.7. The first-order chi connectivity index (χ1) is 16.3. The van der Waals surface area contributed by atoms with Crippen molar-refractivity contribution in [1.29, 1.82) is 0 Å². The second-order valence-electron chi connectivity index (χ2n) is 8.39. The van der Waals surface area contributed by atoms with Gasteiger partial charge in [-0.3, -0.25) is 14.2 Å². The number of hydrogen-bond acceptors (Lipinski definition) is 8. The van der Waals surface area contributed by atoms with Crippen molar-refractivity contribution >= 4 is 40.4 Å². The van der Waals surface area contributed by atoms with E-state index in [1.54, 1.807) is 42.7 Å². The van der Waals surface area contributed by atoms with Crippen LogP contribution in [0.3, 0.4) is 0 Å². The summed E-state index contributed by atoms with van der Waals surface area (Å²) in [7, 11) is 0. The van der Waals surface area contributed by atoms with E-state index in [4.69, 9.17) is 25.8 Å². The van der Waals surface area contributed by atoms with Crippen LogP contribution in [-0.2, 0) is 19.0 Å². The average molecular weight is 487 g/mol. The van der Waals surface area contributed by atoms with Crippen LogP contribution in [0.2, 0.25) is 5.02 Å². The smallest absolute Gasteiger partial charge is 0.258 e. The van der Waals surface area contributed by atoms with Crippen molar-refractivity contribution in [2.45, 2.75) is 51.1 Å². The molecule has 0 spiro atoms. The number of nitrogens with zero attached hydrogens (tertiary/aromatic N) is 4. The molecule has 4 atom stereocenters. The molecule has 3 aromatic rings. The van der Waals surface area contributed by atoms with Gasteiger partial charge in [-0.15, -0.1) is 0 Å². The van der Waals surface area contributed by atoms with Crippen LogP contribution in [0.5, 0.6) is 0 Å². The fourth-order valence-corrected chi connectivity index (χ4v) is 4.46. The number of aromatic nitrogens is 4. The Morgan fingerprint density at radius 1 is 1.15 bits per heavy atom. The van der Waals surface area contributed by atoms with Gasteiger partial charge in [0.25, 0.3) is 11.8 Å². The highest BCUT2D eigenvalue weighted by Crippen LogP contribution is 2.44. The molecule has 5 rings (SSSR count). The summed E-state index contributed by atoms with van der Waals surface area (Å²) in [4.78, 5) is 38.3. The molecule has 34 heavy (non-hydrogen) atoms. The zero-order valence-electron chi connectivity index (χ0n) is 18.7. The molecule has 0 bridgehead atoms. The van der Waals surface area contributed by atoms with Gasteiger partial charge >= 0.3 is 0 Å². The predicted octanol–water partition coefficient (Wildman–Crippen LogP) is 2.29. The number of halogens is 1. The predicted molar refractivity (Wildman–Crippen MR) is 121 cm³/mol. The van der Waals surface area contributed by atoms with Gasteiger partial charge in [-0.2, -0.15) is 0 Å². The Morgan fingerprint density at radius 3 is 2.68 bits per heavy atom. The normalized spacial score (nSPS) is 25.3. The van der Waals surface area contributed by atoms with E-state index >= 15 is 0 Å². The topological polar surface area (TPSA) is 129 Å². The van der Waals surface area contributed by atoms with E-state index in [1.807, 2.05) is 6.92 Å². The Balaban J connectivity index is 1.47. The first-order valence-electron chi connectivity index (χ1n) is 10.8. The summed E-state index contributed by atoms with van der Waals surface area (Å²) < 4.78 is 19.8. The molecule has 2 saturated heterocycles. The molecule has 11 nitrogen and oxygen atoms in total. The van der Waals surface area contributed by atoms with Gasteiger partial charge in [0.2, 0.25) is 0 Å². The second-order valence-corrected chi connectivity index (χ2v) is 8.79. The fourth-order valence-electron chi connectivity index (χ4n) is 4.24. The summed E-state index contributed by atoms with van der Waals surface area (Å²) in [5.41, 5.74) is 1.06. The van der Waals surface area contributed by atoms with Gasteiger partial charge in [-0.25, -0.2) is 15.0 Å². The number of ether oxygens (including phenoxy) is 3. The van der Waals surface area contributed by atoms with Crippen LogP contribution >= 0.6 is 11.6 Å². The SMILES string of the molecule is CCNC(=O)[C@H]1O[C@@H](n2cnc3c(NC(=O)c4ccccc4Cl)ncnc32)[C@@H]2OC(C)(C)O[C@@H]21. The number of likely N-dealkylation sites (N-methyl/N-ethyl adjacent to an activating group) is 1. The van der Waals surface area contributed by atoms with Crippen molar-refractivity contribution < 1.29 is 23.8 Å². The lowest BCUT2D eigenvalue weighted by Gasteiger charge is -2.24. The van der Waals surface area contributed by atoms with Crippen LogP contribution in [-0.4, -0.2) is 62.0 Å². The second kappa shape index (κ2) is 8.58. The molecule has 0 unspecified atom stereocenters. The Kier molecular flexibility index (Phi) is 5.72. The van der Waals surface area contributed by atoms with E-state index in [0.29, 0.717) is 28.3 Å². The zero-order chi connectivity index (χ0) is 24.0. The highest BCUT2D eigenvalue weighted by atomic mass is 35.5. The van der Waals surface area contributed by atoms with Gasteiger partial charge in [0, 0.05) is 6.54 Å². The van der Waals surface area contributed by atoms with Crippen molar-refractivity contribution in [2.75, 3.05) is 11.9 Å². The number of rotatable bonds is 5. The molecule has 1 aromatic carbocycles. The van der Waals surface area contributed by atoms with E-state index < -0.39 is 36.2 Å². The van der Waals surface area contributed by atoms with Crippen molar-refractivity contribution in [3.8, 4) is 0 Å². The lowest BCUT2D eigenvalue weighted by atomic mass is 10.1. The third-order valence-corrected chi connectivity index (χ3v) is 5.95. The summed E-state index contributed by atoms with van der Waals surface area (Å²) in [6.45, 7) is 5.86. The molecule has 2 fully saturated rings. The Labute approximate surface area is 199 Å². The fraction of sp³-hybridized carbons (Fsp3) is 0.409. The number of amides is 2. The number of fused-ring (bicyclic) bond motifs is 2. The third-order valence-electron chi connectivity index (χ3n) is 5.62. The summed E-state index contributed by atoms with van der Waals surface area (Å²) in [6, 6.07) is 6.70. The van der Waals surface area contributed by atoms with Crippen LogP contribution in [0.1, 0.15) is 37.4 Å². The number of imidazole rings is 1. The molecule has 0 aliphatic carbocycles. The van der Waals surface area contributed by atoms with Crippen molar-refractivity contribution in [2.24, 2.45) is 0 Å². The van der Waals surface area contributed by atoms with Gasteiger partial charge in [-0.1, -0.05) is 23.7 Å². The van der Waals surface area contributed by atoms with Crippen LogP contribution in [0.4, 0.5) is 5.82 Å². The van der Waals surface area contributed by atoms with Crippen molar-refractivity contribution in [3.63, 3.8) is 0 Å². The minimum Gasteiger partial charge on any atom is -0.354 e. The van der Waals surface area contributed by atoms with Gasteiger partial charge in [-0.05, 0) is 32.9 Å². The Bertz CT molecular complexity index is 1260. The molecule has 2 aliphatic rings. The molecule has 178 valence electrons. The van der Waals surface area contributed by atoms with Crippen molar-refractivity contribution in [1.82, 2.24) is 24.8 Å². The number of anilines is 1. The lowest BCUT2D eigenvalue weighted by molar-refractivity contribution is -0.197. The van der Waals surface area contributed by atoms with Crippen LogP contribution < -0.4 is 10.6 Å². The van der Waals surface area contributed by atoms with Gasteiger partial charge in [0.15, 0.2) is 35.1 Å². The Hall–Kier alpha value is -3.12. The standard InChI is InChI=1S/C22H23ClN6O5/c1-4-24-20(31)15-14-16(34-22(2,3)33-14)21(32-15)29-10-27-13-17(25-9-26-18(13)29)28-19(30)11-7-5-6-8-12(11)23/h5-10,14-16,21H,4H2,1-3H3,(H,24,31)(H,25,26,28,30)/t14-,15+,16-,21-/m1/s1. The number of hydrogen-bond donors (Lipinski definition) is 2. The maximum absolute atomic E-state index is 12.7.